The first kappa shape index (κ1) is 20.0. The Bertz CT molecular complexity index is 786. The Labute approximate surface area is 155 Å². The van der Waals surface area contributed by atoms with Crippen LogP contribution in [0.3, 0.4) is 0 Å². The molecule has 1 aromatic heterocycles. The number of Topliss-reactive ketones (excluding diaryl/α,β-unsaturated/α-hetero) is 1. The van der Waals surface area contributed by atoms with Crippen molar-refractivity contribution in [1.82, 2.24) is 4.57 Å². The van der Waals surface area contributed by atoms with Crippen LogP contribution in [-0.4, -0.2) is 21.4 Å². The van der Waals surface area contributed by atoms with E-state index in [4.69, 9.17) is 5.11 Å². The minimum atomic E-state index is -0.792. The van der Waals surface area contributed by atoms with Crippen LogP contribution in [0.2, 0.25) is 0 Å². The van der Waals surface area contributed by atoms with Gasteiger partial charge in [-0.2, -0.15) is 0 Å². The predicted octanol–water partition coefficient (Wildman–Crippen LogP) is 5.61. The number of rotatable bonds is 11. The molecule has 0 unspecified atom stereocenters. The van der Waals surface area contributed by atoms with Gasteiger partial charge in [0.05, 0.1) is 0 Å². The molecule has 0 aliphatic heterocycles. The van der Waals surface area contributed by atoms with Crippen molar-refractivity contribution >= 4 is 22.7 Å². The molecular weight excluding hydrogens is 326 g/mol. The normalized spacial score (nSPS) is 11.8. The number of carbonyl (C=O) groups excluding carboxylic acids is 1. The summed E-state index contributed by atoms with van der Waals surface area (Å²) in [7, 11) is 0. The molecule has 140 valence electrons. The number of fused-ring (bicyclic) bond motifs is 1. The minimum absolute atomic E-state index is 0.0636. The zero-order valence-corrected chi connectivity index (χ0v) is 15.8. The lowest BCUT2D eigenvalue weighted by Gasteiger charge is -2.03. The molecule has 0 atom stereocenters. The van der Waals surface area contributed by atoms with Gasteiger partial charge in [0.2, 0.25) is 0 Å². The average Bonchev–Trinajstić information content (AvgIpc) is 2.99. The topological polar surface area (TPSA) is 59.3 Å². The predicted molar refractivity (Wildman–Crippen MR) is 106 cm³/mol. The summed E-state index contributed by atoms with van der Waals surface area (Å²) in [6, 6.07) is 7.83. The molecule has 2 aromatic rings. The molecule has 0 spiro atoms. The summed E-state index contributed by atoms with van der Waals surface area (Å²) in [5.74, 6) is -0.728. The molecule has 0 fully saturated rings. The maximum atomic E-state index is 12.9. The van der Waals surface area contributed by atoms with Gasteiger partial charge in [-0.25, -0.2) is 0 Å². The number of unbranched alkanes of at least 4 members (excludes halogenated alkanes) is 4. The Hall–Kier alpha value is -2.36. The highest BCUT2D eigenvalue weighted by Crippen LogP contribution is 2.24. The van der Waals surface area contributed by atoms with Crippen molar-refractivity contribution in [3.63, 3.8) is 0 Å². The van der Waals surface area contributed by atoms with Gasteiger partial charge in [-0.05, 0) is 37.8 Å². The average molecular weight is 355 g/mol. The fourth-order valence-corrected chi connectivity index (χ4v) is 3.21. The molecule has 0 saturated heterocycles. The number of aryl methyl sites for hydroxylation is 1. The number of aliphatic carboxylic acids is 1. The summed E-state index contributed by atoms with van der Waals surface area (Å²) < 4.78 is 2.00. The first-order valence-electron chi connectivity index (χ1n) is 9.55. The largest absolute Gasteiger partial charge is 0.481 e. The second kappa shape index (κ2) is 9.95. The molecular formula is C22H29NO3. The van der Waals surface area contributed by atoms with Crippen LogP contribution in [-0.2, 0) is 11.3 Å². The molecule has 4 nitrogen and oxygen atoms in total. The van der Waals surface area contributed by atoms with Crippen LogP contribution in [0.5, 0.6) is 0 Å². The monoisotopic (exact) mass is 355 g/mol. The van der Waals surface area contributed by atoms with Crippen molar-refractivity contribution < 1.29 is 14.7 Å². The first-order chi connectivity index (χ1) is 12.5. The molecule has 0 saturated carbocycles. The van der Waals surface area contributed by atoms with E-state index in [0.717, 1.165) is 29.3 Å². The van der Waals surface area contributed by atoms with E-state index < -0.39 is 5.97 Å². The van der Waals surface area contributed by atoms with Crippen LogP contribution in [0.4, 0.5) is 0 Å². The first-order valence-corrected chi connectivity index (χ1v) is 9.55. The Kier molecular flexibility index (Phi) is 7.64. The molecule has 0 radical (unpaired) electrons. The molecule has 1 heterocycles. The van der Waals surface area contributed by atoms with Crippen molar-refractivity contribution in [2.75, 3.05) is 0 Å². The van der Waals surface area contributed by atoms with Gasteiger partial charge in [-0.1, -0.05) is 50.5 Å². The summed E-state index contributed by atoms with van der Waals surface area (Å²) >= 11 is 0. The Morgan fingerprint density at radius 2 is 1.88 bits per heavy atom. The molecule has 1 N–H and O–H groups in total. The fourth-order valence-electron chi connectivity index (χ4n) is 3.21. The van der Waals surface area contributed by atoms with E-state index in [-0.39, 0.29) is 12.2 Å². The van der Waals surface area contributed by atoms with Crippen molar-refractivity contribution in [1.29, 1.82) is 0 Å². The summed E-state index contributed by atoms with van der Waals surface area (Å²) in [6.07, 6.45) is 10.3. The van der Waals surface area contributed by atoms with E-state index in [0.29, 0.717) is 18.5 Å². The van der Waals surface area contributed by atoms with Crippen LogP contribution < -0.4 is 0 Å². The number of nitrogens with zero attached hydrogens (tertiary/aromatic N) is 1. The third-order valence-electron chi connectivity index (χ3n) is 4.69. The zero-order chi connectivity index (χ0) is 18.9. The van der Waals surface area contributed by atoms with E-state index in [1.165, 1.54) is 19.3 Å². The van der Waals surface area contributed by atoms with Gasteiger partial charge in [-0.3, -0.25) is 9.59 Å². The number of ketones is 1. The van der Waals surface area contributed by atoms with Gasteiger partial charge in [0.25, 0.3) is 0 Å². The highest BCUT2D eigenvalue weighted by Gasteiger charge is 2.16. The maximum absolute atomic E-state index is 12.9. The lowest BCUT2D eigenvalue weighted by atomic mass is 10.0. The summed E-state index contributed by atoms with van der Waals surface area (Å²) in [5, 5.41) is 9.77. The highest BCUT2D eigenvalue weighted by atomic mass is 16.4. The van der Waals surface area contributed by atoms with Gasteiger partial charge in [0.15, 0.2) is 5.78 Å². The fraction of sp³-hybridized carbons (Fsp3) is 0.455. The van der Waals surface area contributed by atoms with E-state index >= 15 is 0 Å². The third-order valence-corrected chi connectivity index (χ3v) is 4.69. The summed E-state index contributed by atoms with van der Waals surface area (Å²) in [5.41, 5.74) is 2.48. The van der Waals surface area contributed by atoms with E-state index in [9.17, 15) is 9.59 Å². The Morgan fingerprint density at radius 1 is 1.12 bits per heavy atom. The van der Waals surface area contributed by atoms with Crippen LogP contribution in [0.25, 0.3) is 10.9 Å². The van der Waals surface area contributed by atoms with Crippen LogP contribution in [0.1, 0.15) is 69.2 Å². The van der Waals surface area contributed by atoms with Crippen molar-refractivity contribution in [2.45, 2.75) is 65.3 Å². The number of benzene rings is 1. The molecule has 0 bridgehead atoms. The second-order valence-corrected chi connectivity index (χ2v) is 6.82. The van der Waals surface area contributed by atoms with Crippen LogP contribution in [0.15, 0.2) is 42.1 Å². The van der Waals surface area contributed by atoms with Gasteiger partial charge in [0, 0.05) is 35.6 Å². The highest BCUT2D eigenvalue weighted by molar-refractivity contribution is 6.16. The number of carboxylic acids is 1. The number of aromatic nitrogens is 1. The number of carbonyl (C=O) groups is 2. The second-order valence-electron chi connectivity index (χ2n) is 6.82. The molecule has 0 aliphatic rings. The van der Waals surface area contributed by atoms with E-state index in [1.54, 1.807) is 0 Å². The quantitative estimate of drug-likeness (QED) is 0.324. The Morgan fingerprint density at radius 3 is 2.62 bits per heavy atom. The van der Waals surface area contributed by atoms with Crippen LogP contribution in [0, 0.1) is 0 Å². The Balaban J connectivity index is 2.16. The molecule has 1 aromatic carbocycles. The number of hydrogen-bond donors (Lipinski definition) is 1. The van der Waals surface area contributed by atoms with Crippen molar-refractivity contribution in [3.05, 3.63) is 47.7 Å². The molecule has 2 rings (SSSR count). The van der Waals surface area contributed by atoms with Crippen LogP contribution >= 0.6 is 0 Å². The number of allylic oxidation sites excluding steroid dienone is 2. The van der Waals surface area contributed by atoms with Gasteiger partial charge >= 0.3 is 5.97 Å². The smallest absolute Gasteiger partial charge is 0.303 e. The van der Waals surface area contributed by atoms with Gasteiger partial charge in [-0.15, -0.1) is 0 Å². The molecule has 4 heteroatoms. The third kappa shape index (κ3) is 5.32. The number of carboxylic acid groups (broad SMARTS) is 1. The van der Waals surface area contributed by atoms with Gasteiger partial charge < -0.3 is 9.67 Å². The minimum Gasteiger partial charge on any atom is -0.481 e. The lowest BCUT2D eigenvalue weighted by Crippen LogP contribution is -2.02. The van der Waals surface area contributed by atoms with E-state index in [1.807, 2.05) is 42.0 Å². The SMILES string of the molecule is CCCCCCC=C(C)C(=O)c1cn(CCCC(=O)O)c2ccccc12. The summed E-state index contributed by atoms with van der Waals surface area (Å²) in [4.78, 5) is 23.6. The zero-order valence-electron chi connectivity index (χ0n) is 15.8. The number of para-hydroxylation sites is 1. The molecule has 26 heavy (non-hydrogen) atoms. The van der Waals surface area contributed by atoms with Crippen molar-refractivity contribution in [2.24, 2.45) is 0 Å². The molecule has 0 aliphatic carbocycles. The number of hydrogen-bond acceptors (Lipinski definition) is 2. The standard InChI is InChI=1S/C22H29NO3/c1-3-4-5-6-7-11-17(2)22(26)19-16-23(15-10-14-21(24)25)20-13-9-8-12-18(19)20/h8-9,11-13,16H,3-7,10,14-15H2,1-2H3,(H,24,25). The molecule has 0 amide bonds. The van der Waals surface area contributed by atoms with Gasteiger partial charge in [0.1, 0.15) is 0 Å². The van der Waals surface area contributed by atoms with Crippen molar-refractivity contribution in [3.8, 4) is 0 Å². The maximum Gasteiger partial charge on any atom is 0.303 e. The van der Waals surface area contributed by atoms with E-state index in [2.05, 4.69) is 13.0 Å². The lowest BCUT2D eigenvalue weighted by molar-refractivity contribution is -0.137. The summed E-state index contributed by atoms with van der Waals surface area (Å²) in [6.45, 7) is 4.68.